The van der Waals surface area contributed by atoms with Gasteiger partial charge in [0.25, 0.3) is 0 Å². The summed E-state index contributed by atoms with van der Waals surface area (Å²) in [4.78, 5) is 8.67. The second-order valence-electron chi connectivity index (χ2n) is 3.80. The van der Waals surface area contributed by atoms with E-state index in [1.165, 1.54) is 5.56 Å². The normalized spacial score (nSPS) is 10.4. The van der Waals surface area contributed by atoms with Crippen molar-refractivity contribution in [1.82, 2.24) is 9.97 Å². The molecule has 94 valence electrons. The minimum atomic E-state index is 0.763. The van der Waals surface area contributed by atoms with Crippen molar-refractivity contribution in [2.45, 2.75) is 17.7 Å². The van der Waals surface area contributed by atoms with Crippen LogP contribution in [0.3, 0.4) is 0 Å². The average Bonchev–Trinajstić information content (AvgIpc) is 2.37. The zero-order chi connectivity index (χ0) is 13.0. The molecule has 1 heterocycles. The first kappa shape index (κ1) is 13.2. The lowest BCUT2D eigenvalue weighted by molar-refractivity contribution is 0.969. The van der Waals surface area contributed by atoms with Gasteiger partial charge in [0.1, 0.15) is 16.7 Å². The molecule has 18 heavy (non-hydrogen) atoms. The Labute approximate surface area is 116 Å². The van der Waals surface area contributed by atoms with E-state index in [1.807, 2.05) is 44.3 Å². The average molecular weight is 280 g/mol. The molecule has 1 aromatic heterocycles. The van der Waals surface area contributed by atoms with Gasteiger partial charge in [-0.25, -0.2) is 9.97 Å². The van der Waals surface area contributed by atoms with Crippen LogP contribution in [0.1, 0.15) is 11.4 Å². The van der Waals surface area contributed by atoms with Crippen molar-refractivity contribution in [3.63, 3.8) is 0 Å². The maximum absolute atomic E-state index is 5.85. The molecule has 0 saturated heterocycles. The number of nitrogens with one attached hydrogen (secondary N) is 1. The molecule has 0 radical (unpaired) electrons. The quantitative estimate of drug-likeness (QED) is 0.683. The van der Waals surface area contributed by atoms with Crippen LogP contribution in [0.5, 0.6) is 0 Å². The molecular weight excluding hydrogens is 266 g/mol. The van der Waals surface area contributed by atoms with Crippen LogP contribution < -0.4 is 5.32 Å². The van der Waals surface area contributed by atoms with Crippen molar-refractivity contribution in [2.75, 3.05) is 12.4 Å². The molecule has 1 N–H and O–H groups in total. The summed E-state index contributed by atoms with van der Waals surface area (Å²) in [7, 11) is 1.86. The molecule has 5 heteroatoms. The Balaban J connectivity index is 2.05. The summed E-state index contributed by atoms with van der Waals surface area (Å²) in [6, 6.07) is 9.82. The third kappa shape index (κ3) is 3.62. The Morgan fingerprint density at radius 1 is 1.22 bits per heavy atom. The van der Waals surface area contributed by atoms with Gasteiger partial charge < -0.3 is 5.32 Å². The van der Waals surface area contributed by atoms with E-state index in [-0.39, 0.29) is 0 Å². The lowest BCUT2D eigenvalue weighted by Crippen LogP contribution is -1.97. The molecule has 0 aliphatic rings. The Bertz CT molecular complexity index is 528. The highest BCUT2D eigenvalue weighted by Gasteiger charge is 2.02. The first-order chi connectivity index (χ1) is 8.67. The fourth-order valence-corrected chi connectivity index (χ4v) is 2.50. The van der Waals surface area contributed by atoms with E-state index in [1.54, 1.807) is 11.8 Å². The maximum Gasteiger partial charge on any atom is 0.130 e. The molecule has 3 nitrogen and oxygen atoms in total. The fraction of sp³-hybridized carbons (Fsp3) is 0.231. The van der Waals surface area contributed by atoms with E-state index >= 15 is 0 Å². The van der Waals surface area contributed by atoms with Gasteiger partial charge in [-0.3, -0.25) is 0 Å². The van der Waals surface area contributed by atoms with Gasteiger partial charge in [-0.15, -0.1) is 11.8 Å². The van der Waals surface area contributed by atoms with E-state index < -0.39 is 0 Å². The summed E-state index contributed by atoms with van der Waals surface area (Å²) in [5.74, 6) is 2.50. The first-order valence-corrected chi connectivity index (χ1v) is 6.94. The smallest absolute Gasteiger partial charge is 0.130 e. The number of aryl methyl sites for hydroxylation is 1. The SMILES string of the molecule is CNc1cc(SCc2ccc(Cl)cc2)nc(C)n1. The third-order valence-electron chi connectivity index (χ3n) is 2.37. The molecule has 0 amide bonds. The van der Waals surface area contributed by atoms with Crippen molar-refractivity contribution < 1.29 is 0 Å². The van der Waals surface area contributed by atoms with Crippen molar-refractivity contribution in [1.29, 1.82) is 0 Å². The van der Waals surface area contributed by atoms with Gasteiger partial charge in [-0.05, 0) is 24.6 Å². The Kier molecular flexibility index (Phi) is 4.44. The van der Waals surface area contributed by atoms with Crippen molar-refractivity contribution in [2.24, 2.45) is 0 Å². The van der Waals surface area contributed by atoms with E-state index in [0.29, 0.717) is 0 Å². The topological polar surface area (TPSA) is 37.8 Å². The predicted molar refractivity (Wildman–Crippen MR) is 77.3 cm³/mol. The van der Waals surface area contributed by atoms with Gasteiger partial charge in [0.2, 0.25) is 0 Å². The maximum atomic E-state index is 5.85. The number of thioether (sulfide) groups is 1. The monoisotopic (exact) mass is 279 g/mol. The Morgan fingerprint density at radius 3 is 2.61 bits per heavy atom. The van der Waals surface area contributed by atoms with Gasteiger partial charge in [-0.2, -0.15) is 0 Å². The molecule has 2 aromatic rings. The van der Waals surface area contributed by atoms with Crippen LogP contribution >= 0.6 is 23.4 Å². The van der Waals surface area contributed by atoms with Crippen LogP contribution in [0.2, 0.25) is 5.02 Å². The van der Waals surface area contributed by atoms with Crippen molar-refractivity contribution >= 4 is 29.2 Å². The molecule has 0 aliphatic heterocycles. The number of hydrogen-bond donors (Lipinski definition) is 1. The number of rotatable bonds is 4. The van der Waals surface area contributed by atoms with Crippen LogP contribution in [0.25, 0.3) is 0 Å². The molecule has 0 saturated carbocycles. The minimum absolute atomic E-state index is 0.763. The van der Waals surface area contributed by atoms with E-state index in [4.69, 9.17) is 11.6 Å². The second-order valence-corrected chi connectivity index (χ2v) is 5.24. The van der Waals surface area contributed by atoms with Crippen LogP contribution in [0.15, 0.2) is 35.4 Å². The minimum Gasteiger partial charge on any atom is -0.373 e. The predicted octanol–water partition coefficient (Wildman–Crippen LogP) is 3.77. The summed E-state index contributed by atoms with van der Waals surface area (Å²) in [5.41, 5.74) is 1.23. The van der Waals surface area contributed by atoms with Crippen molar-refractivity contribution in [3.05, 3.63) is 46.7 Å². The molecule has 2 rings (SSSR count). The highest BCUT2D eigenvalue weighted by molar-refractivity contribution is 7.98. The summed E-state index contributed by atoms with van der Waals surface area (Å²) < 4.78 is 0. The van der Waals surface area contributed by atoms with E-state index in [9.17, 15) is 0 Å². The fourth-order valence-electron chi connectivity index (χ4n) is 1.48. The van der Waals surface area contributed by atoms with Crippen LogP contribution in [-0.4, -0.2) is 17.0 Å². The number of hydrogen-bond acceptors (Lipinski definition) is 4. The second kappa shape index (κ2) is 6.07. The number of nitrogens with zero attached hydrogens (tertiary/aromatic N) is 2. The zero-order valence-corrected chi connectivity index (χ0v) is 11.8. The van der Waals surface area contributed by atoms with Gasteiger partial charge in [0.05, 0.1) is 0 Å². The van der Waals surface area contributed by atoms with Gasteiger partial charge in [0, 0.05) is 23.9 Å². The molecule has 0 spiro atoms. The largest absolute Gasteiger partial charge is 0.373 e. The van der Waals surface area contributed by atoms with Crippen LogP contribution in [0, 0.1) is 6.92 Å². The first-order valence-electron chi connectivity index (χ1n) is 5.58. The number of anilines is 1. The molecule has 0 aliphatic carbocycles. The van der Waals surface area contributed by atoms with Crippen LogP contribution in [0.4, 0.5) is 5.82 Å². The Morgan fingerprint density at radius 2 is 1.94 bits per heavy atom. The summed E-state index contributed by atoms with van der Waals surface area (Å²) >= 11 is 7.54. The van der Waals surface area contributed by atoms with Gasteiger partial charge in [0.15, 0.2) is 0 Å². The van der Waals surface area contributed by atoms with E-state index in [2.05, 4.69) is 15.3 Å². The lowest BCUT2D eigenvalue weighted by atomic mass is 10.2. The van der Waals surface area contributed by atoms with Crippen LogP contribution in [-0.2, 0) is 5.75 Å². The summed E-state index contributed by atoms with van der Waals surface area (Å²) in [5, 5.41) is 4.77. The standard InChI is InChI=1S/C13H14ClN3S/c1-9-16-12(15-2)7-13(17-9)18-8-10-3-5-11(14)6-4-10/h3-7H,8H2,1-2H3,(H,15,16,17). The molecule has 1 aromatic carbocycles. The zero-order valence-electron chi connectivity index (χ0n) is 10.3. The Hall–Kier alpha value is -1.26. The molecule has 0 bridgehead atoms. The number of benzene rings is 1. The van der Waals surface area contributed by atoms with Gasteiger partial charge in [-0.1, -0.05) is 23.7 Å². The molecule has 0 unspecified atom stereocenters. The van der Waals surface area contributed by atoms with E-state index in [0.717, 1.165) is 27.4 Å². The van der Waals surface area contributed by atoms with Gasteiger partial charge >= 0.3 is 0 Å². The summed E-state index contributed by atoms with van der Waals surface area (Å²) in [6.45, 7) is 1.90. The molecule has 0 atom stereocenters. The number of aromatic nitrogens is 2. The highest BCUT2D eigenvalue weighted by atomic mass is 35.5. The third-order valence-corrected chi connectivity index (χ3v) is 3.61. The molecule has 0 fully saturated rings. The molecular formula is C13H14ClN3S. The lowest BCUT2D eigenvalue weighted by Gasteiger charge is -2.05. The van der Waals surface area contributed by atoms with Crippen molar-refractivity contribution in [3.8, 4) is 0 Å². The highest BCUT2D eigenvalue weighted by Crippen LogP contribution is 2.23. The number of halogens is 1. The summed E-state index contributed by atoms with van der Waals surface area (Å²) in [6.07, 6.45) is 0.